The summed E-state index contributed by atoms with van der Waals surface area (Å²) in [6.45, 7) is 4.22. The van der Waals surface area contributed by atoms with Gasteiger partial charge in [0.15, 0.2) is 0 Å². The third-order valence-electron chi connectivity index (χ3n) is 4.60. The van der Waals surface area contributed by atoms with Gasteiger partial charge in [0.25, 0.3) is 5.56 Å². The molecule has 0 unspecified atom stereocenters. The summed E-state index contributed by atoms with van der Waals surface area (Å²) in [6.07, 6.45) is 0.746. The summed E-state index contributed by atoms with van der Waals surface area (Å²) in [6, 6.07) is 8.95. The van der Waals surface area contributed by atoms with Gasteiger partial charge in [0.1, 0.15) is 11.6 Å². The first-order chi connectivity index (χ1) is 12.5. The molecule has 4 rings (SSSR count). The fraction of sp³-hybridized carbons (Fsp3) is 0.316. The Balaban J connectivity index is 2.11. The van der Waals surface area contributed by atoms with Crippen LogP contribution >= 0.6 is 11.8 Å². The first kappa shape index (κ1) is 16.9. The smallest absolute Gasteiger partial charge is 0.327 e. The van der Waals surface area contributed by atoms with Crippen LogP contribution in [0.1, 0.15) is 25.6 Å². The number of hydrogen-bond donors (Lipinski definition) is 2. The van der Waals surface area contributed by atoms with Gasteiger partial charge in [-0.25, -0.2) is 4.79 Å². The molecule has 3 aromatic rings. The second-order valence-corrected chi connectivity index (χ2v) is 7.91. The van der Waals surface area contributed by atoms with Gasteiger partial charge in [0.2, 0.25) is 0 Å². The molecule has 0 bridgehead atoms. The van der Waals surface area contributed by atoms with Gasteiger partial charge >= 0.3 is 5.97 Å². The molecule has 7 heteroatoms. The summed E-state index contributed by atoms with van der Waals surface area (Å²) in [5.41, 5.74) is 2.80. The molecule has 2 aromatic heterocycles. The monoisotopic (exact) mass is 369 g/mol. The Bertz CT molecular complexity index is 1050. The van der Waals surface area contributed by atoms with Crippen LogP contribution in [0.15, 0.2) is 40.2 Å². The van der Waals surface area contributed by atoms with Gasteiger partial charge in [-0.1, -0.05) is 44.2 Å². The summed E-state index contributed by atoms with van der Waals surface area (Å²) >= 11 is 1.43. The molecule has 3 heterocycles. The van der Waals surface area contributed by atoms with Gasteiger partial charge in [0, 0.05) is 16.7 Å². The maximum Gasteiger partial charge on any atom is 0.327 e. The summed E-state index contributed by atoms with van der Waals surface area (Å²) in [5.74, 6) is -0.247. The molecule has 0 aliphatic carbocycles. The molecule has 0 radical (unpaired) electrons. The number of carboxylic acids is 1. The molecule has 0 saturated heterocycles. The summed E-state index contributed by atoms with van der Waals surface area (Å²) in [7, 11) is 0. The van der Waals surface area contributed by atoms with E-state index in [1.54, 1.807) is 0 Å². The highest BCUT2D eigenvalue weighted by molar-refractivity contribution is 7.99. The number of nitrogens with zero attached hydrogens (tertiary/aromatic N) is 2. The zero-order valence-corrected chi connectivity index (χ0v) is 15.3. The van der Waals surface area contributed by atoms with Crippen molar-refractivity contribution in [3.05, 3.63) is 46.4 Å². The van der Waals surface area contributed by atoms with E-state index in [0.717, 1.165) is 28.6 Å². The average molecular weight is 369 g/mol. The van der Waals surface area contributed by atoms with Crippen molar-refractivity contribution >= 4 is 28.6 Å². The number of aromatic nitrogens is 3. The fourth-order valence-electron chi connectivity index (χ4n) is 3.49. The number of benzene rings is 1. The van der Waals surface area contributed by atoms with E-state index in [9.17, 15) is 14.7 Å². The number of aliphatic carboxylic acids is 1. The second-order valence-electron chi connectivity index (χ2n) is 6.90. The molecule has 1 atom stereocenters. The van der Waals surface area contributed by atoms with Crippen LogP contribution in [-0.4, -0.2) is 31.6 Å². The van der Waals surface area contributed by atoms with Crippen molar-refractivity contribution in [2.75, 3.05) is 5.75 Å². The van der Waals surface area contributed by atoms with Gasteiger partial charge in [0.05, 0.1) is 10.7 Å². The Kier molecular flexibility index (Phi) is 4.11. The molecule has 0 saturated carbocycles. The van der Waals surface area contributed by atoms with Crippen LogP contribution in [-0.2, 0) is 11.2 Å². The van der Waals surface area contributed by atoms with Crippen LogP contribution in [0.4, 0.5) is 0 Å². The SMILES string of the molecule is CC(C)Cc1n[nH]c2c(=O)n3c(c(-c4ccccc4)c12)SC[C@H]3C(=O)O. The van der Waals surface area contributed by atoms with Crippen LogP contribution in [0.3, 0.4) is 0 Å². The standard InChI is InChI=1S/C19H19N3O3S/c1-10(2)8-12-15-14(11-6-4-3-5-7-11)18-22(13(9-26-18)19(24)25)17(23)16(15)21-20-12/h3-7,10,13H,8-9H2,1-2H3,(H,20,21)(H,24,25)/t13-/m0/s1. The lowest BCUT2D eigenvalue weighted by Gasteiger charge is -2.14. The van der Waals surface area contributed by atoms with Crippen molar-refractivity contribution in [2.24, 2.45) is 5.92 Å². The minimum Gasteiger partial charge on any atom is -0.480 e. The number of hydrogen-bond acceptors (Lipinski definition) is 4. The quantitative estimate of drug-likeness (QED) is 0.736. The van der Waals surface area contributed by atoms with E-state index >= 15 is 0 Å². The van der Waals surface area contributed by atoms with Gasteiger partial charge in [-0.05, 0) is 17.9 Å². The number of thioether (sulfide) groups is 1. The first-order valence-electron chi connectivity index (χ1n) is 8.55. The van der Waals surface area contributed by atoms with E-state index in [0.29, 0.717) is 22.2 Å². The molecule has 1 aliphatic rings. The Morgan fingerprint density at radius 1 is 1.38 bits per heavy atom. The van der Waals surface area contributed by atoms with E-state index in [2.05, 4.69) is 24.0 Å². The molecule has 0 fully saturated rings. The van der Waals surface area contributed by atoms with Gasteiger partial charge in [-0.3, -0.25) is 14.5 Å². The predicted molar refractivity (Wildman–Crippen MR) is 102 cm³/mol. The zero-order valence-electron chi connectivity index (χ0n) is 14.5. The van der Waals surface area contributed by atoms with Crippen molar-refractivity contribution in [1.82, 2.24) is 14.8 Å². The number of fused-ring (bicyclic) bond motifs is 2. The molecule has 6 nitrogen and oxygen atoms in total. The lowest BCUT2D eigenvalue weighted by molar-refractivity contribution is -0.140. The van der Waals surface area contributed by atoms with E-state index in [-0.39, 0.29) is 5.56 Å². The molecule has 0 spiro atoms. The molecule has 0 amide bonds. The number of pyridine rings is 1. The highest BCUT2D eigenvalue weighted by Gasteiger charge is 2.34. The molecular weight excluding hydrogens is 350 g/mol. The van der Waals surface area contributed by atoms with E-state index < -0.39 is 12.0 Å². The average Bonchev–Trinajstić information content (AvgIpc) is 3.21. The third kappa shape index (κ3) is 2.54. The van der Waals surface area contributed by atoms with E-state index in [1.165, 1.54) is 16.3 Å². The molecule has 26 heavy (non-hydrogen) atoms. The number of H-pyrrole nitrogens is 1. The van der Waals surface area contributed by atoms with Crippen molar-refractivity contribution in [3.63, 3.8) is 0 Å². The Morgan fingerprint density at radius 3 is 2.77 bits per heavy atom. The summed E-state index contributed by atoms with van der Waals surface area (Å²) < 4.78 is 1.41. The number of nitrogens with one attached hydrogen (secondary N) is 1. The Labute approximate surface area is 154 Å². The van der Waals surface area contributed by atoms with Crippen molar-refractivity contribution in [1.29, 1.82) is 0 Å². The molecule has 1 aliphatic heterocycles. The second kappa shape index (κ2) is 6.32. The van der Waals surface area contributed by atoms with Crippen LogP contribution in [0.2, 0.25) is 0 Å². The highest BCUT2D eigenvalue weighted by Crippen LogP contribution is 2.43. The number of carboxylic acid groups (broad SMARTS) is 1. The van der Waals surface area contributed by atoms with Crippen LogP contribution in [0, 0.1) is 5.92 Å². The molecule has 1 aromatic carbocycles. The topological polar surface area (TPSA) is 88.0 Å². The summed E-state index contributed by atoms with van der Waals surface area (Å²) in [5, 5.41) is 18.4. The van der Waals surface area contributed by atoms with Gasteiger partial charge in [-0.15, -0.1) is 11.8 Å². The lowest BCUT2D eigenvalue weighted by atomic mass is 9.98. The fourth-order valence-corrected chi connectivity index (χ4v) is 4.81. The zero-order chi connectivity index (χ0) is 18.4. The molecular formula is C19H19N3O3S. The van der Waals surface area contributed by atoms with Crippen molar-refractivity contribution in [3.8, 4) is 11.1 Å². The maximum absolute atomic E-state index is 13.0. The summed E-state index contributed by atoms with van der Waals surface area (Å²) in [4.78, 5) is 24.7. The Hall–Kier alpha value is -2.54. The predicted octanol–water partition coefficient (Wildman–Crippen LogP) is 3.32. The van der Waals surface area contributed by atoms with Crippen LogP contribution in [0.25, 0.3) is 22.0 Å². The maximum atomic E-state index is 13.0. The molecule has 2 N–H and O–H groups in total. The first-order valence-corrected chi connectivity index (χ1v) is 9.54. The minimum atomic E-state index is -0.987. The third-order valence-corrected chi connectivity index (χ3v) is 5.75. The van der Waals surface area contributed by atoms with E-state index in [1.807, 2.05) is 30.3 Å². The number of aromatic amines is 1. The number of rotatable bonds is 4. The van der Waals surface area contributed by atoms with Crippen LogP contribution in [0.5, 0.6) is 0 Å². The van der Waals surface area contributed by atoms with Gasteiger partial charge < -0.3 is 5.11 Å². The van der Waals surface area contributed by atoms with E-state index in [4.69, 9.17) is 0 Å². The van der Waals surface area contributed by atoms with Crippen molar-refractivity contribution < 1.29 is 9.90 Å². The van der Waals surface area contributed by atoms with Crippen LogP contribution < -0.4 is 5.56 Å². The van der Waals surface area contributed by atoms with Gasteiger partial charge in [-0.2, -0.15) is 5.10 Å². The minimum absolute atomic E-state index is 0.311. The Morgan fingerprint density at radius 2 is 2.12 bits per heavy atom. The van der Waals surface area contributed by atoms with Crippen molar-refractivity contribution in [2.45, 2.75) is 31.3 Å². The molecule has 134 valence electrons. The largest absolute Gasteiger partial charge is 0.480 e. The normalized spacial score (nSPS) is 16.3. The number of carbonyl (C=O) groups is 1. The highest BCUT2D eigenvalue weighted by atomic mass is 32.2. The lowest BCUT2D eigenvalue weighted by Crippen LogP contribution is -2.29.